The molecular formula is C43H50N2O9. The fraction of sp³-hybridized carbons (Fsp3) is 0.395. The van der Waals surface area contributed by atoms with E-state index in [0.717, 1.165) is 33.4 Å². The number of nitrogens with one attached hydrogen (secondary N) is 2. The number of benzene rings is 4. The van der Waals surface area contributed by atoms with Crippen LogP contribution in [0.2, 0.25) is 0 Å². The van der Waals surface area contributed by atoms with Crippen LogP contribution in [-0.4, -0.2) is 82.1 Å². The molecule has 0 spiro atoms. The van der Waals surface area contributed by atoms with Crippen molar-refractivity contribution in [2.24, 2.45) is 11.8 Å². The summed E-state index contributed by atoms with van der Waals surface area (Å²) in [4.78, 5) is 28.2. The minimum Gasteiger partial charge on any atom is -0.491 e. The van der Waals surface area contributed by atoms with Crippen molar-refractivity contribution in [1.29, 1.82) is 0 Å². The lowest BCUT2D eigenvalue weighted by atomic mass is 9.86. The lowest BCUT2D eigenvalue weighted by Crippen LogP contribution is -2.41. The first-order chi connectivity index (χ1) is 26.2. The molecule has 0 bridgehead atoms. The van der Waals surface area contributed by atoms with Crippen molar-refractivity contribution in [3.8, 4) is 11.5 Å². The van der Waals surface area contributed by atoms with E-state index >= 15 is 0 Å². The second-order valence-electron chi connectivity index (χ2n) is 14.3. The van der Waals surface area contributed by atoms with Gasteiger partial charge in [-0.3, -0.25) is 9.59 Å². The normalized spacial score (nSPS) is 19.8. The molecule has 2 amide bonds. The summed E-state index contributed by atoms with van der Waals surface area (Å²) in [6.07, 6.45) is -1.12. The molecule has 0 fully saturated rings. The Bertz CT molecular complexity index is 1700. The summed E-state index contributed by atoms with van der Waals surface area (Å²) >= 11 is 0. The number of aliphatic hydroxyl groups is 5. The van der Waals surface area contributed by atoms with Crippen LogP contribution >= 0.6 is 0 Å². The van der Waals surface area contributed by atoms with E-state index < -0.39 is 42.2 Å². The molecule has 6 rings (SSSR count). The Kier molecular flexibility index (Phi) is 13.3. The Morgan fingerprint density at radius 1 is 0.611 bits per heavy atom. The van der Waals surface area contributed by atoms with E-state index in [1.165, 1.54) is 0 Å². The number of amides is 2. The summed E-state index contributed by atoms with van der Waals surface area (Å²) in [5.41, 5.74) is 5.34. The maximum Gasteiger partial charge on any atom is 0.224 e. The maximum atomic E-state index is 14.1. The Labute approximate surface area is 315 Å². The van der Waals surface area contributed by atoms with E-state index in [1.807, 2.05) is 72.8 Å². The SMILES string of the molecule is O=C(N[C@H]1c2ccccc2C[C@H]1O)[C@H](Cc1ccc(OCCO)cc1)CC(O)C[C@@H](Cc1ccc(OCCO)cc1)C(=O)N[C@H]1c2ccccc2C[C@H]1O. The largest absolute Gasteiger partial charge is 0.491 e. The fourth-order valence-electron chi connectivity index (χ4n) is 7.70. The average molecular weight is 739 g/mol. The molecule has 0 radical (unpaired) electrons. The zero-order valence-electron chi connectivity index (χ0n) is 30.2. The summed E-state index contributed by atoms with van der Waals surface area (Å²) < 4.78 is 11.0. The van der Waals surface area contributed by atoms with Gasteiger partial charge in [0.25, 0.3) is 0 Å². The van der Waals surface area contributed by atoms with Gasteiger partial charge in [-0.2, -0.15) is 0 Å². The van der Waals surface area contributed by atoms with Crippen LogP contribution in [-0.2, 0) is 35.3 Å². The van der Waals surface area contributed by atoms with Gasteiger partial charge in [-0.05, 0) is 83.3 Å². The van der Waals surface area contributed by atoms with Gasteiger partial charge < -0.3 is 45.6 Å². The summed E-state index contributed by atoms with van der Waals surface area (Å²) in [6.45, 7) is 0.0839. The number of hydrogen-bond acceptors (Lipinski definition) is 9. The highest BCUT2D eigenvalue weighted by molar-refractivity contribution is 5.81. The summed E-state index contributed by atoms with van der Waals surface area (Å²) in [7, 11) is 0. The van der Waals surface area contributed by atoms with Gasteiger partial charge in [0.15, 0.2) is 0 Å². The number of fused-ring (bicyclic) bond motifs is 2. The average Bonchev–Trinajstić information content (AvgIpc) is 3.67. The molecule has 11 heteroatoms. The molecule has 7 N–H and O–H groups in total. The van der Waals surface area contributed by atoms with Crippen molar-refractivity contribution in [2.45, 2.75) is 68.9 Å². The minimum absolute atomic E-state index is 0.0473. The van der Waals surface area contributed by atoms with Gasteiger partial charge in [-0.25, -0.2) is 0 Å². The first-order valence-electron chi connectivity index (χ1n) is 18.7. The Balaban J connectivity index is 1.21. The molecule has 0 unspecified atom stereocenters. The van der Waals surface area contributed by atoms with E-state index in [2.05, 4.69) is 10.6 Å². The third-order valence-corrected chi connectivity index (χ3v) is 10.4. The van der Waals surface area contributed by atoms with Gasteiger partial charge in [0.05, 0.1) is 43.6 Å². The maximum absolute atomic E-state index is 14.1. The molecule has 0 aromatic heterocycles. The van der Waals surface area contributed by atoms with Gasteiger partial charge in [0.1, 0.15) is 24.7 Å². The predicted octanol–water partition coefficient (Wildman–Crippen LogP) is 3.14. The zero-order valence-corrected chi connectivity index (χ0v) is 30.2. The first kappa shape index (κ1) is 38.9. The lowest BCUT2D eigenvalue weighted by Gasteiger charge is -2.27. The van der Waals surface area contributed by atoms with Gasteiger partial charge in [0.2, 0.25) is 11.8 Å². The summed E-state index contributed by atoms with van der Waals surface area (Å²) in [6, 6.07) is 28.5. The first-order valence-corrected chi connectivity index (χ1v) is 18.7. The smallest absolute Gasteiger partial charge is 0.224 e. The molecule has 0 heterocycles. The van der Waals surface area contributed by atoms with Gasteiger partial charge in [-0.1, -0.05) is 72.8 Å². The number of hydrogen-bond donors (Lipinski definition) is 7. The Morgan fingerprint density at radius 3 is 1.39 bits per heavy atom. The van der Waals surface area contributed by atoms with Crippen LogP contribution in [0.25, 0.3) is 0 Å². The molecule has 6 atom stereocenters. The van der Waals surface area contributed by atoms with E-state index in [9.17, 15) is 24.9 Å². The second kappa shape index (κ2) is 18.5. The topological polar surface area (TPSA) is 178 Å². The monoisotopic (exact) mass is 738 g/mol. The molecule has 0 saturated heterocycles. The highest BCUT2D eigenvalue weighted by Gasteiger charge is 2.36. The van der Waals surface area contributed by atoms with Crippen LogP contribution in [0.15, 0.2) is 97.1 Å². The molecule has 2 aliphatic rings. The van der Waals surface area contributed by atoms with E-state index in [-0.39, 0.29) is 63.9 Å². The molecule has 0 saturated carbocycles. The third kappa shape index (κ3) is 9.85. The molecule has 4 aromatic carbocycles. The van der Waals surface area contributed by atoms with Crippen LogP contribution in [0.1, 0.15) is 58.3 Å². The van der Waals surface area contributed by atoms with Crippen LogP contribution in [0.5, 0.6) is 11.5 Å². The number of aliphatic hydroxyl groups excluding tert-OH is 5. The number of rotatable bonds is 18. The van der Waals surface area contributed by atoms with Gasteiger partial charge >= 0.3 is 0 Å². The van der Waals surface area contributed by atoms with E-state index in [1.54, 1.807) is 24.3 Å². The van der Waals surface area contributed by atoms with Crippen molar-refractivity contribution in [2.75, 3.05) is 26.4 Å². The van der Waals surface area contributed by atoms with Crippen molar-refractivity contribution in [1.82, 2.24) is 10.6 Å². The highest BCUT2D eigenvalue weighted by atomic mass is 16.5. The molecule has 286 valence electrons. The number of ether oxygens (including phenoxy) is 2. The van der Waals surface area contributed by atoms with E-state index in [0.29, 0.717) is 24.3 Å². The van der Waals surface area contributed by atoms with Crippen LogP contribution in [0, 0.1) is 11.8 Å². The molecule has 54 heavy (non-hydrogen) atoms. The van der Waals surface area contributed by atoms with Gasteiger partial charge in [-0.15, -0.1) is 0 Å². The second-order valence-corrected chi connectivity index (χ2v) is 14.3. The number of carbonyl (C=O) groups excluding carboxylic acids is 2. The Hall–Kier alpha value is -4.78. The summed E-state index contributed by atoms with van der Waals surface area (Å²) in [5.74, 6) is -0.896. The molecule has 4 aromatic rings. The molecular weight excluding hydrogens is 688 g/mol. The quantitative estimate of drug-likeness (QED) is 0.0809. The summed E-state index contributed by atoms with van der Waals surface area (Å²) in [5, 5.41) is 57.9. The Morgan fingerprint density at radius 2 is 1.00 bits per heavy atom. The lowest BCUT2D eigenvalue weighted by molar-refractivity contribution is -0.128. The molecule has 2 aliphatic carbocycles. The van der Waals surface area contributed by atoms with Crippen molar-refractivity contribution < 1.29 is 44.6 Å². The van der Waals surface area contributed by atoms with Crippen molar-refractivity contribution in [3.63, 3.8) is 0 Å². The standard InChI is InChI=1S/C43H50N2O9/c46-17-19-53-34-13-9-27(10-14-34)21-31(42(51)44-40-36-7-3-1-5-29(36)25-38(40)49)23-33(48)24-32(22-28-11-15-35(16-12-28)54-20-18-47)43(52)45-41-37-8-4-2-6-30(37)26-39(41)50/h1-16,31-33,38-41,46-50H,17-26H2,(H,44,51)(H,45,52)/t31-,32-,38-,39-,40+,41+/m1/s1. The fourth-order valence-corrected chi connectivity index (χ4v) is 7.70. The molecule has 0 aliphatic heterocycles. The van der Waals surface area contributed by atoms with Crippen LogP contribution in [0.3, 0.4) is 0 Å². The third-order valence-electron chi connectivity index (χ3n) is 10.4. The molecule has 11 nitrogen and oxygen atoms in total. The van der Waals surface area contributed by atoms with Crippen LogP contribution < -0.4 is 20.1 Å². The van der Waals surface area contributed by atoms with E-state index in [4.69, 9.17) is 19.7 Å². The highest BCUT2D eigenvalue weighted by Crippen LogP contribution is 2.34. The predicted molar refractivity (Wildman–Crippen MR) is 202 cm³/mol. The van der Waals surface area contributed by atoms with Crippen molar-refractivity contribution >= 4 is 11.8 Å². The number of carbonyl (C=O) groups is 2. The zero-order chi connectivity index (χ0) is 38.0. The van der Waals surface area contributed by atoms with Crippen LogP contribution in [0.4, 0.5) is 0 Å². The minimum atomic E-state index is -1.06. The van der Waals surface area contributed by atoms with Gasteiger partial charge in [0, 0.05) is 24.7 Å². The van der Waals surface area contributed by atoms with Crippen molar-refractivity contribution in [3.05, 3.63) is 130 Å².